The summed E-state index contributed by atoms with van der Waals surface area (Å²) in [4.78, 5) is 0. The van der Waals surface area contributed by atoms with E-state index in [9.17, 15) is 15.3 Å². The molecule has 0 aromatic carbocycles. The van der Waals surface area contributed by atoms with Crippen molar-refractivity contribution in [3.8, 4) is 0 Å². The summed E-state index contributed by atoms with van der Waals surface area (Å²) in [6.45, 7) is 0. The highest BCUT2D eigenvalue weighted by Gasteiger charge is 2.42. The predicted octanol–water partition coefficient (Wildman–Crippen LogP) is -1.56. The van der Waals surface area contributed by atoms with E-state index in [1.165, 1.54) is 12.5 Å². The van der Waals surface area contributed by atoms with Crippen LogP contribution in [0.1, 0.15) is 0 Å². The molecule has 0 radical (unpaired) electrons. The maximum absolute atomic E-state index is 9.33. The van der Waals surface area contributed by atoms with Crippen LogP contribution in [0.2, 0.25) is 0 Å². The Labute approximate surface area is 80.9 Å². The van der Waals surface area contributed by atoms with Crippen LogP contribution in [-0.4, -0.2) is 58.5 Å². The fourth-order valence-corrected chi connectivity index (χ4v) is 1.41. The van der Waals surface area contributed by atoms with E-state index in [-0.39, 0.29) is 0 Å². The molecule has 1 aliphatic heterocycles. The van der Waals surface area contributed by atoms with Gasteiger partial charge in [0.2, 0.25) is 0 Å². The van der Waals surface area contributed by atoms with Crippen LogP contribution in [-0.2, 0) is 9.47 Å². The van der Waals surface area contributed by atoms with E-state index in [1.54, 1.807) is 0 Å². The largest absolute Gasteiger partial charge is 0.387 e. The third-order valence-corrected chi connectivity index (χ3v) is 2.24. The quantitative estimate of drug-likeness (QED) is 0.476. The Bertz CT molecular complexity index is 186. The first kappa shape index (κ1) is 11.0. The van der Waals surface area contributed by atoms with Crippen molar-refractivity contribution in [2.75, 3.05) is 7.11 Å². The van der Waals surface area contributed by atoms with Crippen LogP contribution in [0.15, 0.2) is 0 Å². The average Bonchev–Trinajstić information content (AvgIpc) is 2.15. The molecule has 1 heterocycles. The summed E-state index contributed by atoms with van der Waals surface area (Å²) in [5.41, 5.74) is 0. The second kappa shape index (κ2) is 4.41. The van der Waals surface area contributed by atoms with Crippen LogP contribution in [0.5, 0.6) is 0 Å². The summed E-state index contributed by atoms with van der Waals surface area (Å²) in [7, 11) is 1.33. The number of ether oxygens (including phenoxy) is 2. The lowest BCUT2D eigenvalue weighted by atomic mass is 10.0. The highest BCUT2D eigenvalue weighted by Crippen LogP contribution is 2.20. The van der Waals surface area contributed by atoms with E-state index in [2.05, 4.69) is 12.2 Å². The van der Waals surface area contributed by atoms with Gasteiger partial charge in [-0.1, -0.05) is 12.2 Å². The highest BCUT2D eigenvalue weighted by molar-refractivity contribution is 7.79. The minimum Gasteiger partial charge on any atom is -0.387 e. The molecule has 13 heavy (non-hydrogen) atoms. The zero-order valence-corrected chi connectivity index (χ0v) is 7.85. The molecule has 0 spiro atoms. The molecule has 0 aliphatic carbocycles. The van der Waals surface area contributed by atoms with Gasteiger partial charge in [-0.25, -0.2) is 0 Å². The Morgan fingerprint density at radius 2 is 1.85 bits per heavy atom. The molecule has 5 atom stereocenters. The molecule has 1 rings (SSSR count). The molecule has 0 amide bonds. The highest BCUT2D eigenvalue weighted by atomic mass is 32.1. The normalized spacial score (nSPS) is 46.0. The third-order valence-electron chi connectivity index (χ3n) is 1.97. The van der Waals surface area contributed by atoms with Gasteiger partial charge in [-0.2, -0.15) is 0 Å². The number of rotatable bonds is 2. The molecular formula is C7H12O5S. The molecule has 5 nitrogen and oxygen atoms in total. The SMILES string of the molecule is CO[C@H]1O[C@@H](C=S)[C@H](O)[C@@H](O)[C@H]1O. The summed E-state index contributed by atoms with van der Waals surface area (Å²) < 4.78 is 9.78. The Balaban J connectivity index is 2.71. The lowest BCUT2D eigenvalue weighted by Gasteiger charge is -2.38. The van der Waals surface area contributed by atoms with E-state index >= 15 is 0 Å². The molecule has 1 fully saturated rings. The standard InChI is InChI=1S/C7H12O5S/c1-11-7-6(10)5(9)4(8)3(2-13)12-7/h2-10H,1H3/t3-,4-,5+,6+,7-/m0/s1. The Hall–Kier alpha value is -0.110. The summed E-state index contributed by atoms with van der Waals surface area (Å²) in [6.07, 6.45) is -5.52. The van der Waals surface area contributed by atoms with E-state index in [0.29, 0.717) is 0 Å². The molecule has 0 bridgehead atoms. The van der Waals surface area contributed by atoms with Gasteiger partial charge >= 0.3 is 0 Å². The Morgan fingerprint density at radius 3 is 2.31 bits per heavy atom. The van der Waals surface area contributed by atoms with Gasteiger partial charge in [-0.05, 0) is 0 Å². The smallest absolute Gasteiger partial charge is 0.186 e. The molecule has 0 saturated carbocycles. The molecule has 3 N–H and O–H groups in total. The molecule has 0 aromatic heterocycles. The fourth-order valence-electron chi connectivity index (χ4n) is 1.18. The minimum absolute atomic E-state index is 0.793. The van der Waals surface area contributed by atoms with Crippen LogP contribution in [0.25, 0.3) is 0 Å². The van der Waals surface area contributed by atoms with E-state index in [1.807, 2.05) is 0 Å². The lowest BCUT2D eigenvalue weighted by molar-refractivity contribution is -0.274. The average molecular weight is 208 g/mol. The van der Waals surface area contributed by atoms with Crippen molar-refractivity contribution in [3.63, 3.8) is 0 Å². The first-order chi connectivity index (χ1) is 6.11. The van der Waals surface area contributed by atoms with Crippen molar-refractivity contribution in [3.05, 3.63) is 0 Å². The van der Waals surface area contributed by atoms with Gasteiger partial charge in [0.05, 0.1) is 0 Å². The van der Waals surface area contributed by atoms with Crippen LogP contribution in [0, 0.1) is 0 Å². The monoisotopic (exact) mass is 208 g/mol. The second-order valence-electron chi connectivity index (χ2n) is 2.81. The van der Waals surface area contributed by atoms with Crippen LogP contribution in [0.3, 0.4) is 0 Å². The van der Waals surface area contributed by atoms with Crippen molar-refractivity contribution < 1.29 is 24.8 Å². The Kier molecular flexibility index (Phi) is 3.72. The summed E-state index contributed by atoms with van der Waals surface area (Å²) in [5.74, 6) is 0. The number of hydrogen-bond donors (Lipinski definition) is 3. The third kappa shape index (κ3) is 2.04. The molecule has 76 valence electrons. The molecular weight excluding hydrogens is 196 g/mol. The predicted molar refractivity (Wildman–Crippen MR) is 47.3 cm³/mol. The molecule has 0 unspecified atom stereocenters. The number of methoxy groups -OCH3 is 1. The van der Waals surface area contributed by atoms with Crippen LogP contribution in [0.4, 0.5) is 0 Å². The number of hydrogen-bond acceptors (Lipinski definition) is 6. The van der Waals surface area contributed by atoms with Gasteiger partial charge in [-0.15, -0.1) is 0 Å². The zero-order valence-electron chi connectivity index (χ0n) is 7.03. The topological polar surface area (TPSA) is 79.2 Å². The van der Waals surface area contributed by atoms with Crippen molar-refractivity contribution >= 4 is 17.6 Å². The fraction of sp³-hybridized carbons (Fsp3) is 0.857. The summed E-state index contributed by atoms with van der Waals surface area (Å²) in [6, 6.07) is 0. The van der Waals surface area contributed by atoms with E-state index in [4.69, 9.17) is 9.47 Å². The van der Waals surface area contributed by atoms with Crippen molar-refractivity contribution in [2.24, 2.45) is 0 Å². The molecule has 6 heteroatoms. The molecule has 0 aromatic rings. The maximum atomic E-state index is 9.33. The van der Waals surface area contributed by atoms with Gasteiger partial charge in [0.1, 0.15) is 24.4 Å². The lowest BCUT2D eigenvalue weighted by Crippen LogP contribution is -2.58. The molecule has 1 aliphatic rings. The van der Waals surface area contributed by atoms with E-state index in [0.717, 1.165) is 0 Å². The van der Waals surface area contributed by atoms with Gasteiger partial charge in [0.25, 0.3) is 0 Å². The number of thiocarbonyl (C=S) groups is 1. The summed E-state index contributed by atoms with van der Waals surface area (Å²) in [5, 5.41) is 29.2. The number of aliphatic hydroxyl groups is 3. The first-order valence-electron chi connectivity index (χ1n) is 3.79. The van der Waals surface area contributed by atoms with Gasteiger partial charge in [0.15, 0.2) is 6.29 Å². The Morgan fingerprint density at radius 1 is 1.23 bits per heavy atom. The van der Waals surface area contributed by atoms with Gasteiger partial charge in [0, 0.05) is 12.5 Å². The van der Waals surface area contributed by atoms with Crippen molar-refractivity contribution in [2.45, 2.75) is 30.7 Å². The van der Waals surface area contributed by atoms with Gasteiger partial charge < -0.3 is 24.8 Å². The maximum Gasteiger partial charge on any atom is 0.186 e. The minimum atomic E-state index is -1.30. The van der Waals surface area contributed by atoms with E-state index < -0.39 is 30.7 Å². The molecule has 1 saturated heterocycles. The zero-order chi connectivity index (χ0) is 10.0. The number of aliphatic hydroxyl groups excluding tert-OH is 3. The van der Waals surface area contributed by atoms with Gasteiger partial charge in [-0.3, -0.25) is 0 Å². The van der Waals surface area contributed by atoms with Crippen LogP contribution >= 0.6 is 12.2 Å². The van der Waals surface area contributed by atoms with Crippen LogP contribution < -0.4 is 0 Å². The summed E-state index contributed by atoms with van der Waals surface area (Å²) >= 11 is 4.58. The first-order valence-corrected chi connectivity index (χ1v) is 4.26. The second-order valence-corrected chi connectivity index (χ2v) is 3.08. The van der Waals surface area contributed by atoms with Crippen molar-refractivity contribution in [1.82, 2.24) is 0 Å². The van der Waals surface area contributed by atoms with Crippen molar-refractivity contribution in [1.29, 1.82) is 0 Å².